The number of hydrogen-bond acceptors (Lipinski definition) is 4. The molecular weight excluding hydrogens is 469 g/mol. The molecule has 1 fully saturated rings. The van der Waals surface area contributed by atoms with Gasteiger partial charge in [-0.1, -0.05) is 23.2 Å². The minimum Gasteiger partial charge on any atom is -0.207 e. The molecule has 1 saturated heterocycles. The lowest BCUT2D eigenvalue weighted by Crippen LogP contribution is -2.37. The Kier molecular flexibility index (Phi) is 6.52. The molecule has 0 aromatic heterocycles. The molecule has 3 rings (SSSR count). The van der Waals surface area contributed by atoms with Crippen LogP contribution in [0.1, 0.15) is 6.42 Å². The van der Waals surface area contributed by atoms with E-state index in [0.29, 0.717) is 0 Å². The summed E-state index contributed by atoms with van der Waals surface area (Å²) in [6.45, 7) is -0.448. The monoisotopic (exact) mass is 484 g/mol. The molecule has 0 unspecified atom stereocenters. The Hall–Kier alpha value is -1.30. The standard InChI is InChI=1S/C17H16Cl2F2N2O4S2/c18-12-2-4-16(14(20)10-12)28(24,25)22-6-1-7-23(9-8-22)29(26,27)17-5-3-13(19)11-15(17)21/h2-5,10-11H,1,6-9H2. The van der Waals surface area contributed by atoms with Crippen LogP contribution >= 0.6 is 23.2 Å². The second kappa shape index (κ2) is 8.44. The molecular formula is C17H16Cl2F2N2O4S2. The maximum Gasteiger partial charge on any atom is 0.246 e. The first kappa shape index (κ1) is 22.4. The molecule has 2 aromatic carbocycles. The Bertz CT molecular complexity index is 1050. The minimum atomic E-state index is -4.19. The fourth-order valence-electron chi connectivity index (χ4n) is 3.00. The van der Waals surface area contributed by atoms with E-state index in [9.17, 15) is 25.6 Å². The molecule has 0 N–H and O–H groups in total. The molecule has 12 heteroatoms. The highest BCUT2D eigenvalue weighted by molar-refractivity contribution is 7.89. The molecule has 0 radical (unpaired) electrons. The number of sulfonamides is 2. The Morgan fingerprint density at radius 1 is 0.690 bits per heavy atom. The van der Waals surface area contributed by atoms with Crippen molar-refractivity contribution < 1.29 is 25.6 Å². The van der Waals surface area contributed by atoms with E-state index in [-0.39, 0.29) is 42.6 Å². The highest BCUT2D eigenvalue weighted by Gasteiger charge is 2.34. The molecule has 0 aliphatic carbocycles. The maximum atomic E-state index is 14.1. The van der Waals surface area contributed by atoms with E-state index in [1.807, 2.05) is 0 Å². The number of rotatable bonds is 4. The van der Waals surface area contributed by atoms with Gasteiger partial charge in [-0.05, 0) is 42.8 Å². The lowest BCUT2D eigenvalue weighted by atomic mass is 10.3. The molecule has 1 aliphatic rings. The van der Waals surface area contributed by atoms with Crippen LogP contribution in [0.2, 0.25) is 10.0 Å². The Morgan fingerprint density at radius 2 is 1.07 bits per heavy atom. The fraction of sp³-hybridized carbons (Fsp3) is 0.294. The summed E-state index contributed by atoms with van der Waals surface area (Å²) in [5, 5.41) is 0.110. The number of hydrogen-bond donors (Lipinski definition) is 0. The molecule has 0 bridgehead atoms. The van der Waals surface area contributed by atoms with Crippen molar-refractivity contribution in [1.82, 2.24) is 8.61 Å². The zero-order chi connectivity index (χ0) is 21.4. The zero-order valence-corrected chi connectivity index (χ0v) is 18.0. The highest BCUT2D eigenvalue weighted by Crippen LogP contribution is 2.26. The minimum absolute atomic E-state index is 0.0144. The van der Waals surface area contributed by atoms with Crippen LogP contribution < -0.4 is 0 Å². The zero-order valence-electron chi connectivity index (χ0n) is 14.9. The van der Waals surface area contributed by atoms with E-state index < -0.39 is 41.5 Å². The highest BCUT2D eigenvalue weighted by atomic mass is 35.5. The summed E-state index contributed by atoms with van der Waals surface area (Å²) in [5.74, 6) is -1.98. The lowest BCUT2D eigenvalue weighted by molar-refractivity contribution is 0.401. The molecule has 0 spiro atoms. The van der Waals surface area contributed by atoms with Gasteiger partial charge in [0.2, 0.25) is 20.0 Å². The third kappa shape index (κ3) is 4.57. The Morgan fingerprint density at radius 3 is 1.41 bits per heavy atom. The smallest absolute Gasteiger partial charge is 0.207 e. The predicted octanol–water partition coefficient (Wildman–Crippen LogP) is 3.36. The van der Waals surface area contributed by atoms with Crippen molar-refractivity contribution in [2.24, 2.45) is 0 Å². The van der Waals surface area contributed by atoms with Gasteiger partial charge in [0.15, 0.2) is 0 Å². The number of nitrogens with zero attached hydrogens (tertiary/aromatic N) is 2. The van der Waals surface area contributed by atoms with Crippen LogP contribution in [-0.2, 0) is 20.0 Å². The van der Waals surface area contributed by atoms with Gasteiger partial charge in [0, 0.05) is 36.2 Å². The van der Waals surface area contributed by atoms with Gasteiger partial charge in [-0.15, -0.1) is 0 Å². The summed E-state index contributed by atoms with van der Waals surface area (Å²) in [6.07, 6.45) is 0.156. The van der Waals surface area contributed by atoms with Gasteiger partial charge in [0.1, 0.15) is 21.4 Å². The molecule has 1 aliphatic heterocycles. The topological polar surface area (TPSA) is 74.8 Å². The summed E-state index contributed by atoms with van der Waals surface area (Å²) in [7, 11) is -8.39. The van der Waals surface area contributed by atoms with E-state index >= 15 is 0 Å². The van der Waals surface area contributed by atoms with Crippen molar-refractivity contribution >= 4 is 43.2 Å². The van der Waals surface area contributed by atoms with Crippen LogP contribution in [0, 0.1) is 11.6 Å². The van der Waals surface area contributed by atoms with Gasteiger partial charge in [0.05, 0.1) is 0 Å². The molecule has 1 heterocycles. The Balaban J connectivity index is 1.85. The van der Waals surface area contributed by atoms with E-state index in [2.05, 4.69) is 0 Å². The molecule has 2 aromatic rings. The average molecular weight is 485 g/mol. The van der Waals surface area contributed by atoms with Crippen molar-refractivity contribution in [3.63, 3.8) is 0 Å². The first-order chi connectivity index (χ1) is 13.5. The van der Waals surface area contributed by atoms with Gasteiger partial charge in [-0.2, -0.15) is 8.61 Å². The normalized spacial score (nSPS) is 17.2. The third-order valence-corrected chi connectivity index (χ3v) is 8.77. The molecule has 6 nitrogen and oxygen atoms in total. The summed E-state index contributed by atoms with van der Waals surface area (Å²) >= 11 is 11.3. The quantitative estimate of drug-likeness (QED) is 0.666. The first-order valence-corrected chi connectivity index (χ1v) is 12.1. The van der Waals surface area contributed by atoms with Crippen molar-refractivity contribution in [3.05, 3.63) is 58.1 Å². The fourth-order valence-corrected chi connectivity index (χ4v) is 6.35. The molecule has 0 amide bonds. The SMILES string of the molecule is O=S(=O)(c1ccc(Cl)cc1F)N1CCCN(S(=O)(=O)c2ccc(Cl)cc2F)CC1. The lowest BCUT2D eigenvalue weighted by Gasteiger charge is -2.22. The summed E-state index contributed by atoms with van der Waals surface area (Å²) < 4.78 is 81.4. The second-order valence-electron chi connectivity index (χ2n) is 6.31. The summed E-state index contributed by atoms with van der Waals surface area (Å²) in [4.78, 5) is -1.08. The van der Waals surface area contributed by atoms with Crippen LogP contribution in [0.3, 0.4) is 0 Å². The third-order valence-electron chi connectivity index (χ3n) is 4.44. The van der Waals surface area contributed by atoms with Gasteiger partial charge in [-0.3, -0.25) is 0 Å². The number of halogens is 4. The molecule has 29 heavy (non-hydrogen) atoms. The van der Waals surface area contributed by atoms with Crippen LogP contribution in [0.5, 0.6) is 0 Å². The molecule has 0 saturated carbocycles. The van der Waals surface area contributed by atoms with Crippen molar-refractivity contribution in [2.75, 3.05) is 26.2 Å². The van der Waals surface area contributed by atoms with Crippen molar-refractivity contribution in [2.45, 2.75) is 16.2 Å². The van der Waals surface area contributed by atoms with Crippen molar-refractivity contribution in [1.29, 1.82) is 0 Å². The van der Waals surface area contributed by atoms with E-state index in [4.69, 9.17) is 23.2 Å². The summed E-state index contributed by atoms with van der Waals surface area (Å²) in [6, 6.07) is 6.44. The van der Waals surface area contributed by atoms with Gasteiger partial charge in [-0.25, -0.2) is 25.6 Å². The van der Waals surface area contributed by atoms with E-state index in [1.54, 1.807) is 0 Å². The van der Waals surface area contributed by atoms with Crippen LogP contribution in [0.25, 0.3) is 0 Å². The van der Waals surface area contributed by atoms with E-state index in [0.717, 1.165) is 32.9 Å². The maximum absolute atomic E-state index is 14.1. The molecule has 0 atom stereocenters. The average Bonchev–Trinajstić information content (AvgIpc) is 2.88. The second-order valence-corrected chi connectivity index (χ2v) is 11.0. The van der Waals surface area contributed by atoms with Gasteiger partial charge in [0.25, 0.3) is 0 Å². The molecule has 158 valence electrons. The predicted molar refractivity (Wildman–Crippen MR) is 105 cm³/mol. The van der Waals surface area contributed by atoms with E-state index in [1.165, 1.54) is 12.1 Å². The van der Waals surface area contributed by atoms with Gasteiger partial charge < -0.3 is 0 Å². The summed E-state index contributed by atoms with van der Waals surface area (Å²) in [5.41, 5.74) is 0. The van der Waals surface area contributed by atoms with Gasteiger partial charge >= 0.3 is 0 Å². The van der Waals surface area contributed by atoms with Crippen LogP contribution in [-0.4, -0.2) is 51.6 Å². The van der Waals surface area contributed by atoms with Crippen LogP contribution in [0.4, 0.5) is 8.78 Å². The van der Waals surface area contributed by atoms with Crippen LogP contribution in [0.15, 0.2) is 46.2 Å². The van der Waals surface area contributed by atoms with Crippen molar-refractivity contribution in [3.8, 4) is 0 Å². The first-order valence-electron chi connectivity index (χ1n) is 8.44. The number of benzene rings is 2. The largest absolute Gasteiger partial charge is 0.246 e. The Labute approximate surface area is 177 Å².